The Bertz CT molecular complexity index is 744. The van der Waals surface area contributed by atoms with Crippen LogP contribution in [0.3, 0.4) is 0 Å². The van der Waals surface area contributed by atoms with Crippen molar-refractivity contribution in [1.29, 1.82) is 0 Å². The number of amides is 1. The lowest BCUT2D eigenvalue weighted by molar-refractivity contribution is -0.118. The highest BCUT2D eigenvalue weighted by Crippen LogP contribution is 2.46. The van der Waals surface area contributed by atoms with Crippen LogP contribution in [0.2, 0.25) is 0 Å². The number of ether oxygens (including phenoxy) is 1. The number of benzene rings is 1. The van der Waals surface area contributed by atoms with Gasteiger partial charge in [0, 0.05) is 30.4 Å². The summed E-state index contributed by atoms with van der Waals surface area (Å²) in [7, 11) is 0. The number of nitrogens with one attached hydrogen (secondary N) is 2. The van der Waals surface area contributed by atoms with Crippen molar-refractivity contribution < 1.29 is 9.53 Å². The van der Waals surface area contributed by atoms with Gasteiger partial charge in [0.25, 0.3) is 0 Å². The molecule has 1 aromatic carbocycles. The second-order valence-electron chi connectivity index (χ2n) is 6.72. The highest BCUT2D eigenvalue weighted by atomic mass is 16.5. The van der Waals surface area contributed by atoms with E-state index in [2.05, 4.69) is 25.9 Å². The molecule has 7 heteroatoms. The lowest BCUT2D eigenvalue weighted by Gasteiger charge is -2.30. The van der Waals surface area contributed by atoms with Crippen molar-refractivity contribution in [1.82, 2.24) is 25.9 Å². The molecule has 1 saturated carbocycles. The average molecular weight is 339 g/mol. The summed E-state index contributed by atoms with van der Waals surface area (Å²) in [6.07, 6.45) is 7.69. The Balaban J connectivity index is 1.36. The maximum Gasteiger partial charge on any atom is 0.244 e. The molecule has 0 bridgehead atoms. The lowest BCUT2D eigenvalue weighted by Crippen LogP contribution is -2.43. The van der Waals surface area contributed by atoms with E-state index in [4.69, 9.17) is 4.74 Å². The van der Waals surface area contributed by atoms with Gasteiger partial charge < -0.3 is 10.1 Å². The van der Waals surface area contributed by atoms with Crippen LogP contribution in [0.5, 0.6) is 0 Å². The van der Waals surface area contributed by atoms with E-state index in [1.54, 1.807) is 6.08 Å². The zero-order valence-corrected chi connectivity index (χ0v) is 13.9. The molecule has 7 nitrogen and oxygen atoms in total. The van der Waals surface area contributed by atoms with Gasteiger partial charge in [-0.2, -0.15) is 5.21 Å². The fraction of sp³-hybridized carbons (Fsp3) is 0.444. The molecule has 2 fully saturated rings. The molecule has 2 aliphatic rings. The molecule has 0 atom stereocenters. The van der Waals surface area contributed by atoms with Gasteiger partial charge >= 0.3 is 0 Å². The fourth-order valence-corrected chi connectivity index (χ4v) is 3.51. The van der Waals surface area contributed by atoms with Crippen molar-refractivity contribution >= 4 is 12.0 Å². The number of aromatic nitrogens is 4. The Labute approximate surface area is 145 Å². The molecule has 1 aromatic heterocycles. The summed E-state index contributed by atoms with van der Waals surface area (Å²) in [6.45, 7) is 1.62. The van der Waals surface area contributed by atoms with Crippen LogP contribution in [0.15, 0.2) is 30.3 Å². The standard InChI is InChI=1S/C18H21N5O2/c24-16(19-18(9-10-18)15-7-11-25-12-8-15)6-3-13-1-4-14(5-2-13)17-20-22-23-21-17/h1-6,15H,7-12H2,(H,19,24)(H,20,21,22,23)/b6-3+. The zero-order valence-electron chi connectivity index (χ0n) is 13.9. The minimum absolute atomic E-state index is 0.00762. The van der Waals surface area contributed by atoms with Crippen molar-refractivity contribution in [3.05, 3.63) is 35.9 Å². The summed E-state index contributed by atoms with van der Waals surface area (Å²) in [5.41, 5.74) is 1.85. The molecule has 1 amide bonds. The van der Waals surface area contributed by atoms with Crippen molar-refractivity contribution in [3.8, 4) is 11.4 Å². The monoisotopic (exact) mass is 339 g/mol. The summed E-state index contributed by atoms with van der Waals surface area (Å²) in [5.74, 6) is 1.08. The van der Waals surface area contributed by atoms with Crippen molar-refractivity contribution in [3.63, 3.8) is 0 Å². The number of H-pyrrole nitrogens is 1. The summed E-state index contributed by atoms with van der Waals surface area (Å²) < 4.78 is 5.43. The quantitative estimate of drug-likeness (QED) is 0.812. The summed E-state index contributed by atoms with van der Waals surface area (Å²) in [4.78, 5) is 12.3. The molecule has 0 radical (unpaired) electrons. The number of nitrogens with zero attached hydrogens (tertiary/aromatic N) is 3. The number of aromatic amines is 1. The molecule has 0 spiro atoms. The second-order valence-corrected chi connectivity index (χ2v) is 6.72. The number of hydrogen-bond donors (Lipinski definition) is 2. The van der Waals surface area contributed by atoms with E-state index in [-0.39, 0.29) is 11.4 Å². The predicted molar refractivity (Wildman–Crippen MR) is 92.3 cm³/mol. The van der Waals surface area contributed by atoms with E-state index >= 15 is 0 Å². The minimum Gasteiger partial charge on any atom is -0.381 e. The molecule has 2 heterocycles. The average Bonchev–Trinajstić information content (AvgIpc) is 3.23. The van der Waals surface area contributed by atoms with Crippen LogP contribution in [-0.4, -0.2) is 45.3 Å². The molecule has 0 unspecified atom stereocenters. The molecule has 2 N–H and O–H groups in total. The molecule has 2 aromatic rings. The van der Waals surface area contributed by atoms with Crippen molar-refractivity contribution in [2.45, 2.75) is 31.2 Å². The van der Waals surface area contributed by atoms with E-state index < -0.39 is 0 Å². The fourth-order valence-electron chi connectivity index (χ4n) is 3.51. The molecular formula is C18H21N5O2. The summed E-state index contributed by atoms with van der Waals surface area (Å²) in [6, 6.07) is 7.68. The topological polar surface area (TPSA) is 92.8 Å². The Morgan fingerprint density at radius 1 is 1.24 bits per heavy atom. The molecule has 1 saturated heterocycles. The van der Waals surface area contributed by atoms with Crippen LogP contribution >= 0.6 is 0 Å². The van der Waals surface area contributed by atoms with Gasteiger partial charge in [-0.05, 0) is 48.5 Å². The highest BCUT2D eigenvalue weighted by molar-refractivity contribution is 5.92. The van der Waals surface area contributed by atoms with Crippen LogP contribution in [0, 0.1) is 5.92 Å². The Morgan fingerprint density at radius 2 is 2.00 bits per heavy atom. The smallest absolute Gasteiger partial charge is 0.244 e. The van der Waals surface area contributed by atoms with Crippen molar-refractivity contribution in [2.24, 2.45) is 5.92 Å². The highest BCUT2D eigenvalue weighted by Gasteiger charge is 2.50. The number of carbonyl (C=O) groups is 1. The first-order valence-electron chi connectivity index (χ1n) is 8.67. The van der Waals surface area contributed by atoms with E-state index in [9.17, 15) is 4.79 Å². The summed E-state index contributed by atoms with van der Waals surface area (Å²) in [5, 5.41) is 17.1. The Kier molecular flexibility index (Phi) is 4.31. The van der Waals surface area contributed by atoms with Crippen LogP contribution in [0.4, 0.5) is 0 Å². The van der Waals surface area contributed by atoms with Crippen LogP contribution in [0.25, 0.3) is 17.5 Å². The largest absolute Gasteiger partial charge is 0.381 e. The number of carbonyl (C=O) groups excluding carboxylic acids is 1. The molecule has 4 rings (SSSR count). The Hall–Kier alpha value is -2.54. The first-order valence-corrected chi connectivity index (χ1v) is 8.67. The maximum atomic E-state index is 12.3. The van der Waals surface area contributed by atoms with Gasteiger partial charge in [-0.15, -0.1) is 10.2 Å². The van der Waals surface area contributed by atoms with Gasteiger partial charge in [-0.25, -0.2) is 0 Å². The minimum atomic E-state index is -0.0220. The van der Waals surface area contributed by atoms with Gasteiger partial charge in [-0.1, -0.05) is 24.3 Å². The van der Waals surface area contributed by atoms with E-state index in [0.717, 1.165) is 50.0 Å². The van der Waals surface area contributed by atoms with Crippen molar-refractivity contribution in [2.75, 3.05) is 13.2 Å². The first kappa shape index (κ1) is 16.0. The lowest BCUT2D eigenvalue weighted by atomic mass is 9.89. The zero-order chi connectivity index (χ0) is 17.1. The van der Waals surface area contributed by atoms with E-state index in [1.165, 1.54) is 0 Å². The molecular weight excluding hydrogens is 318 g/mol. The molecule has 130 valence electrons. The predicted octanol–water partition coefficient (Wildman–Crippen LogP) is 1.96. The molecule has 25 heavy (non-hydrogen) atoms. The normalized spacial score (nSPS) is 19.8. The van der Waals surface area contributed by atoms with E-state index in [0.29, 0.717) is 11.7 Å². The molecule has 1 aliphatic heterocycles. The maximum absolute atomic E-state index is 12.3. The second kappa shape index (κ2) is 6.76. The van der Waals surface area contributed by atoms with Crippen LogP contribution < -0.4 is 5.32 Å². The van der Waals surface area contributed by atoms with Gasteiger partial charge in [0.05, 0.1) is 0 Å². The van der Waals surface area contributed by atoms with Gasteiger partial charge in [0.15, 0.2) is 0 Å². The third kappa shape index (κ3) is 3.61. The first-order chi connectivity index (χ1) is 12.3. The third-order valence-corrected chi connectivity index (χ3v) is 5.10. The van der Waals surface area contributed by atoms with Gasteiger partial charge in [0.2, 0.25) is 11.7 Å². The Morgan fingerprint density at radius 3 is 2.64 bits per heavy atom. The number of hydrogen-bond acceptors (Lipinski definition) is 5. The van der Waals surface area contributed by atoms with Crippen LogP contribution in [-0.2, 0) is 9.53 Å². The van der Waals surface area contributed by atoms with Crippen LogP contribution in [0.1, 0.15) is 31.2 Å². The summed E-state index contributed by atoms with van der Waals surface area (Å²) >= 11 is 0. The van der Waals surface area contributed by atoms with Gasteiger partial charge in [-0.3, -0.25) is 4.79 Å². The molecule has 1 aliphatic carbocycles. The number of rotatable bonds is 5. The third-order valence-electron chi connectivity index (χ3n) is 5.10. The SMILES string of the molecule is O=C(/C=C/c1ccc(-c2nn[nH]n2)cc1)NC1(C2CCOCC2)CC1. The van der Waals surface area contributed by atoms with E-state index in [1.807, 2.05) is 30.3 Å². The number of tetrazole rings is 1. The van der Waals surface area contributed by atoms with Gasteiger partial charge in [0.1, 0.15) is 0 Å².